The molecule has 1 heterocycles. The van der Waals surface area contributed by atoms with E-state index in [4.69, 9.17) is 15.2 Å². The quantitative estimate of drug-likeness (QED) is 0.589. The van der Waals surface area contributed by atoms with Crippen LogP contribution in [-0.4, -0.2) is 41.0 Å². The predicted molar refractivity (Wildman–Crippen MR) is 79.9 cm³/mol. The van der Waals surface area contributed by atoms with Gasteiger partial charge in [-0.2, -0.15) is 0 Å². The molecule has 1 aromatic carbocycles. The molecule has 2 rings (SSSR count). The second-order valence-corrected chi connectivity index (χ2v) is 4.74. The van der Waals surface area contributed by atoms with Crippen molar-refractivity contribution in [1.29, 1.82) is 0 Å². The van der Waals surface area contributed by atoms with Crippen LogP contribution in [0, 0.1) is 0 Å². The third kappa shape index (κ3) is 3.91. The summed E-state index contributed by atoms with van der Waals surface area (Å²) in [6.45, 7) is 1.54. The number of ether oxygens (including phenoxy) is 2. The molecule has 0 atom stereocenters. The van der Waals surface area contributed by atoms with Crippen molar-refractivity contribution in [2.45, 2.75) is 25.8 Å². The van der Waals surface area contributed by atoms with Crippen LogP contribution >= 0.6 is 0 Å². The lowest BCUT2D eigenvalue weighted by molar-refractivity contribution is 0.191. The summed E-state index contributed by atoms with van der Waals surface area (Å²) in [5.74, 6) is 1.38. The predicted octanol–water partition coefficient (Wildman–Crippen LogP) is 1.75. The Labute approximate surface area is 124 Å². The van der Waals surface area contributed by atoms with E-state index in [1.165, 1.54) is 0 Å². The molecule has 0 aliphatic heterocycles. The molecular formula is C14H21N5O2. The Bertz CT molecular complexity index is 570. The molecule has 114 valence electrons. The minimum atomic E-state index is 0.653. The summed E-state index contributed by atoms with van der Waals surface area (Å²) in [6.07, 6.45) is 3.10. The van der Waals surface area contributed by atoms with Crippen molar-refractivity contribution >= 4 is 5.69 Å². The highest BCUT2D eigenvalue weighted by molar-refractivity contribution is 5.68. The van der Waals surface area contributed by atoms with Gasteiger partial charge in [-0.15, -0.1) is 5.10 Å². The van der Waals surface area contributed by atoms with Crippen LogP contribution in [0.3, 0.4) is 0 Å². The van der Waals surface area contributed by atoms with Gasteiger partial charge in [0.1, 0.15) is 5.75 Å². The molecule has 0 aliphatic rings. The number of aryl methyl sites for hydroxylation is 1. The number of aromatic nitrogens is 4. The SMILES string of the molecule is COCCCCCn1nnnc1-c1cc(N)ccc1OC. The highest BCUT2D eigenvalue weighted by atomic mass is 16.5. The highest BCUT2D eigenvalue weighted by Gasteiger charge is 2.14. The Hall–Kier alpha value is -2.15. The summed E-state index contributed by atoms with van der Waals surface area (Å²) >= 11 is 0. The van der Waals surface area contributed by atoms with Gasteiger partial charge < -0.3 is 15.2 Å². The Morgan fingerprint density at radius 1 is 1.19 bits per heavy atom. The normalized spacial score (nSPS) is 10.8. The van der Waals surface area contributed by atoms with E-state index < -0.39 is 0 Å². The molecule has 0 fully saturated rings. The number of nitrogens with zero attached hydrogens (tertiary/aromatic N) is 4. The van der Waals surface area contributed by atoms with Crippen molar-refractivity contribution in [1.82, 2.24) is 20.2 Å². The number of unbranched alkanes of at least 4 members (excludes halogenated alkanes) is 2. The maximum atomic E-state index is 5.85. The van der Waals surface area contributed by atoms with E-state index in [0.717, 1.165) is 38.0 Å². The van der Waals surface area contributed by atoms with Crippen molar-refractivity contribution in [3.05, 3.63) is 18.2 Å². The Kier molecular flexibility index (Phi) is 5.51. The van der Waals surface area contributed by atoms with Crippen molar-refractivity contribution in [3.8, 4) is 17.1 Å². The van der Waals surface area contributed by atoms with Crippen molar-refractivity contribution in [3.63, 3.8) is 0 Å². The molecule has 0 saturated heterocycles. The van der Waals surface area contributed by atoms with Crippen LogP contribution in [0.5, 0.6) is 5.75 Å². The van der Waals surface area contributed by atoms with Gasteiger partial charge in [0, 0.05) is 25.9 Å². The molecule has 2 aromatic rings. The minimum Gasteiger partial charge on any atom is -0.496 e. The molecule has 0 saturated carbocycles. The van der Waals surface area contributed by atoms with Crippen LogP contribution in [-0.2, 0) is 11.3 Å². The van der Waals surface area contributed by atoms with Crippen LogP contribution in [0.25, 0.3) is 11.4 Å². The monoisotopic (exact) mass is 291 g/mol. The second kappa shape index (κ2) is 7.58. The number of rotatable bonds is 8. The summed E-state index contributed by atoms with van der Waals surface area (Å²) in [7, 11) is 3.33. The molecule has 2 N–H and O–H groups in total. The fourth-order valence-electron chi connectivity index (χ4n) is 2.13. The van der Waals surface area contributed by atoms with Crippen molar-refractivity contribution < 1.29 is 9.47 Å². The number of hydrogen-bond donors (Lipinski definition) is 1. The second-order valence-electron chi connectivity index (χ2n) is 4.74. The first-order valence-corrected chi connectivity index (χ1v) is 6.95. The minimum absolute atomic E-state index is 0.653. The van der Waals surface area contributed by atoms with Gasteiger partial charge in [0.2, 0.25) is 0 Å². The molecule has 0 bridgehead atoms. The molecule has 7 nitrogen and oxygen atoms in total. The first kappa shape index (κ1) is 15.2. The summed E-state index contributed by atoms with van der Waals surface area (Å²) in [6, 6.07) is 5.44. The molecule has 1 aromatic heterocycles. The number of methoxy groups -OCH3 is 2. The van der Waals surface area contributed by atoms with Crippen LogP contribution in [0.15, 0.2) is 18.2 Å². The van der Waals surface area contributed by atoms with E-state index in [1.807, 2.05) is 12.1 Å². The largest absolute Gasteiger partial charge is 0.496 e. The number of nitrogen functional groups attached to an aromatic ring is 1. The first-order chi connectivity index (χ1) is 10.3. The van der Waals surface area contributed by atoms with E-state index in [2.05, 4.69) is 15.5 Å². The number of anilines is 1. The fourth-order valence-corrected chi connectivity index (χ4v) is 2.13. The lowest BCUT2D eigenvalue weighted by atomic mass is 10.1. The van der Waals surface area contributed by atoms with E-state index in [-0.39, 0.29) is 0 Å². The molecule has 21 heavy (non-hydrogen) atoms. The van der Waals surface area contributed by atoms with Crippen LogP contribution < -0.4 is 10.5 Å². The Balaban J connectivity index is 2.11. The molecule has 7 heteroatoms. The summed E-state index contributed by atoms with van der Waals surface area (Å²) < 4.78 is 12.2. The Morgan fingerprint density at radius 3 is 2.81 bits per heavy atom. The summed E-state index contributed by atoms with van der Waals surface area (Å²) in [4.78, 5) is 0. The number of tetrazole rings is 1. The van der Waals surface area contributed by atoms with Crippen LogP contribution in [0.2, 0.25) is 0 Å². The molecule has 0 radical (unpaired) electrons. The van der Waals surface area contributed by atoms with Crippen molar-refractivity contribution in [2.75, 3.05) is 26.6 Å². The van der Waals surface area contributed by atoms with E-state index in [1.54, 1.807) is 25.0 Å². The van der Waals surface area contributed by atoms with Gasteiger partial charge in [-0.05, 0) is 47.9 Å². The van der Waals surface area contributed by atoms with Gasteiger partial charge in [-0.3, -0.25) is 0 Å². The maximum Gasteiger partial charge on any atom is 0.185 e. The maximum absolute atomic E-state index is 5.85. The third-order valence-electron chi connectivity index (χ3n) is 3.21. The molecule has 0 aliphatic carbocycles. The van der Waals surface area contributed by atoms with Gasteiger partial charge in [0.05, 0.1) is 12.7 Å². The van der Waals surface area contributed by atoms with Gasteiger partial charge in [-0.1, -0.05) is 0 Å². The zero-order valence-corrected chi connectivity index (χ0v) is 12.5. The zero-order chi connectivity index (χ0) is 15.1. The van der Waals surface area contributed by atoms with Gasteiger partial charge in [0.25, 0.3) is 0 Å². The Morgan fingerprint density at radius 2 is 2.05 bits per heavy atom. The van der Waals surface area contributed by atoms with Crippen LogP contribution in [0.4, 0.5) is 5.69 Å². The molecule has 0 unspecified atom stereocenters. The van der Waals surface area contributed by atoms with Crippen LogP contribution in [0.1, 0.15) is 19.3 Å². The van der Waals surface area contributed by atoms with Gasteiger partial charge in [-0.25, -0.2) is 4.68 Å². The zero-order valence-electron chi connectivity index (χ0n) is 12.5. The topological polar surface area (TPSA) is 88.1 Å². The van der Waals surface area contributed by atoms with Gasteiger partial charge in [0.15, 0.2) is 5.82 Å². The number of nitrogens with two attached hydrogens (primary N) is 1. The number of hydrogen-bond acceptors (Lipinski definition) is 6. The number of benzene rings is 1. The average molecular weight is 291 g/mol. The highest BCUT2D eigenvalue weighted by Crippen LogP contribution is 2.30. The van der Waals surface area contributed by atoms with E-state index in [9.17, 15) is 0 Å². The molecule has 0 spiro atoms. The average Bonchev–Trinajstić information content (AvgIpc) is 2.95. The third-order valence-corrected chi connectivity index (χ3v) is 3.21. The lowest BCUT2D eigenvalue weighted by Crippen LogP contribution is -2.05. The fraction of sp³-hybridized carbons (Fsp3) is 0.500. The standard InChI is InChI=1S/C14H21N5O2/c1-20-9-5-3-4-8-19-14(16-17-18-19)12-10-11(15)6-7-13(12)21-2/h6-7,10H,3-5,8-9,15H2,1-2H3. The molecule has 0 amide bonds. The first-order valence-electron chi connectivity index (χ1n) is 6.95. The van der Waals surface area contributed by atoms with E-state index >= 15 is 0 Å². The lowest BCUT2D eigenvalue weighted by Gasteiger charge is -2.09. The molecular weight excluding hydrogens is 270 g/mol. The van der Waals surface area contributed by atoms with E-state index in [0.29, 0.717) is 17.3 Å². The van der Waals surface area contributed by atoms with Gasteiger partial charge >= 0.3 is 0 Å². The summed E-state index contributed by atoms with van der Waals surface area (Å²) in [5.41, 5.74) is 7.30. The van der Waals surface area contributed by atoms with Crippen molar-refractivity contribution in [2.24, 2.45) is 0 Å². The summed E-state index contributed by atoms with van der Waals surface area (Å²) in [5, 5.41) is 11.9. The smallest absolute Gasteiger partial charge is 0.185 e.